The van der Waals surface area contributed by atoms with Crippen molar-refractivity contribution >= 4 is 21.6 Å². The van der Waals surface area contributed by atoms with Crippen molar-refractivity contribution < 1.29 is 13.5 Å². The Hall–Kier alpha value is -1.62. The molecular formula is C12H8BrF2NO. The second-order valence-corrected chi connectivity index (χ2v) is 4.21. The number of benzene rings is 2. The van der Waals surface area contributed by atoms with Crippen LogP contribution in [-0.4, -0.2) is 0 Å². The van der Waals surface area contributed by atoms with Crippen LogP contribution < -0.4 is 10.5 Å². The van der Waals surface area contributed by atoms with E-state index in [2.05, 4.69) is 15.9 Å². The largest absolute Gasteiger partial charge is 0.455 e. The zero-order valence-corrected chi connectivity index (χ0v) is 10.2. The van der Waals surface area contributed by atoms with E-state index in [4.69, 9.17) is 10.5 Å². The fourth-order valence-corrected chi connectivity index (χ4v) is 1.64. The van der Waals surface area contributed by atoms with Gasteiger partial charge in [-0.25, -0.2) is 8.78 Å². The number of ether oxygens (including phenoxy) is 1. The van der Waals surface area contributed by atoms with E-state index >= 15 is 0 Å². The summed E-state index contributed by atoms with van der Waals surface area (Å²) < 4.78 is 31.5. The minimum absolute atomic E-state index is 0.186. The zero-order valence-electron chi connectivity index (χ0n) is 8.58. The van der Waals surface area contributed by atoms with Crippen LogP contribution in [-0.2, 0) is 0 Å². The molecule has 0 aliphatic carbocycles. The first-order valence-electron chi connectivity index (χ1n) is 4.74. The third-order valence-electron chi connectivity index (χ3n) is 2.09. The minimum atomic E-state index is -0.435. The van der Waals surface area contributed by atoms with Crippen LogP contribution in [0.25, 0.3) is 0 Å². The van der Waals surface area contributed by atoms with Gasteiger partial charge in [-0.05, 0) is 46.3 Å². The van der Waals surface area contributed by atoms with Crippen LogP contribution in [0.1, 0.15) is 0 Å². The zero-order chi connectivity index (χ0) is 12.4. The molecular weight excluding hydrogens is 292 g/mol. The first-order valence-corrected chi connectivity index (χ1v) is 5.53. The van der Waals surface area contributed by atoms with Crippen LogP contribution in [0.15, 0.2) is 40.9 Å². The van der Waals surface area contributed by atoms with Gasteiger partial charge in [0.2, 0.25) is 0 Å². The van der Waals surface area contributed by atoms with E-state index in [-0.39, 0.29) is 16.0 Å². The second-order valence-electron chi connectivity index (χ2n) is 3.36. The molecule has 2 rings (SSSR count). The van der Waals surface area contributed by atoms with Gasteiger partial charge in [-0.2, -0.15) is 0 Å². The summed E-state index contributed by atoms with van der Waals surface area (Å²) in [5.74, 6) is -0.0824. The molecule has 2 N–H and O–H groups in total. The highest BCUT2D eigenvalue weighted by molar-refractivity contribution is 9.10. The van der Waals surface area contributed by atoms with Crippen molar-refractivity contribution in [2.75, 3.05) is 5.73 Å². The van der Waals surface area contributed by atoms with Crippen molar-refractivity contribution in [2.24, 2.45) is 0 Å². The van der Waals surface area contributed by atoms with E-state index in [1.54, 1.807) is 0 Å². The molecule has 17 heavy (non-hydrogen) atoms. The van der Waals surface area contributed by atoms with E-state index < -0.39 is 5.82 Å². The monoisotopic (exact) mass is 299 g/mol. The summed E-state index contributed by atoms with van der Waals surface area (Å²) in [6.07, 6.45) is 0. The van der Waals surface area contributed by atoms with Crippen LogP contribution in [0.5, 0.6) is 11.5 Å². The molecule has 0 fully saturated rings. The normalized spacial score (nSPS) is 10.3. The van der Waals surface area contributed by atoms with Crippen molar-refractivity contribution in [1.82, 2.24) is 0 Å². The van der Waals surface area contributed by atoms with E-state index in [9.17, 15) is 8.78 Å². The van der Waals surface area contributed by atoms with Crippen molar-refractivity contribution in [3.8, 4) is 11.5 Å². The first-order chi connectivity index (χ1) is 8.06. The predicted molar refractivity (Wildman–Crippen MR) is 65.0 cm³/mol. The topological polar surface area (TPSA) is 35.2 Å². The highest BCUT2D eigenvalue weighted by Crippen LogP contribution is 2.30. The van der Waals surface area contributed by atoms with Gasteiger partial charge >= 0.3 is 0 Å². The lowest BCUT2D eigenvalue weighted by Gasteiger charge is -2.08. The van der Waals surface area contributed by atoms with Crippen molar-refractivity contribution in [1.29, 1.82) is 0 Å². The molecule has 0 aliphatic heterocycles. The van der Waals surface area contributed by atoms with Gasteiger partial charge in [0.15, 0.2) is 5.75 Å². The van der Waals surface area contributed by atoms with Crippen molar-refractivity contribution in [3.63, 3.8) is 0 Å². The van der Waals surface area contributed by atoms with Crippen LogP contribution in [0.2, 0.25) is 0 Å². The molecule has 88 valence electrons. The number of nitrogen functional groups attached to an aromatic ring is 1. The van der Waals surface area contributed by atoms with Gasteiger partial charge in [-0.1, -0.05) is 0 Å². The summed E-state index contributed by atoms with van der Waals surface area (Å²) >= 11 is 3.04. The van der Waals surface area contributed by atoms with Crippen LogP contribution in [0.3, 0.4) is 0 Å². The Kier molecular flexibility index (Phi) is 3.28. The summed E-state index contributed by atoms with van der Waals surface area (Å²) in [6, 6.07) is 8.01. The lowest BCUT2D eigenvalue weighted by molar-refractivity contribution is 0.480. The summed E-state index contributed by atoms with van der Waals surface area (Å²) in [5.41, 5.74) is 5.77. The van der Waals surface area contributed by atoms with Crippen LogP contribution in [0, 0.1) is 11.6 Å². The third kappa shape index (κ3) is 2.74. The number of hydrogen-bond donors (Lipinski definition) is 1. The first kappa shape index (κ1) is 11.9. The molecule has 0 saturated carbocycles. The average Bonchev–Trinajstić information content (AvgIpc) is 2.27. The maximum Gasteiger partial charge on any atom is 0.150 e. The number of hydrogen-bond acceptors (Lipinski definition) is 2. The lowest BCUT2D eigenvalue weighted by atomic mass is 10.3. The molecule has 2 aromatic carbocycles. The fraction of sp³-hybridized carbons (Fsp3) is 0. The summed E-state index contributed by atoms with van der Waals surface area (Å²) in [4.78, 5) is 0. The van der Waals surface area contributed by atoms with Gasteiger partial charge in [0.05, 0.1) is 10.2 Å². The Balaban J connectivity index is 2.28. The maximum absolute atomic E-state index is 13.0. The predicted octanol–water partition coefficient (Wildman–Crippen LogP) is 4.10. The van der Waals surface area contributed by atoms with Gasteiger partial charge in [0, 0.05) is 6.07 Å². The molecule has 0 aromatic heterocycles. The highest BCUT2D eigenvalue weighted by atomic mass is 79.9. The summed E-state index contributed by atoms with van der Waals surface area (Å²) in [7, 11) is 0. The van der Waals surface area contributed by atoms with Gasteiger partial charge < -0.3 is 10.5 Å². The molecule has 0 heterocycles. The Bertz CT molecular complexity index is 560. The Morgan fingerprint density at radius 3 is 2.47 bits per heavy atom. The molecule has 5 heteroatoms. The van der Waals surface area contributed by atoms with E-state index in [0.29, 0.717) is 11.5 Å². The van der Waals surface area contributed by atoms with Gasteiger partial charge in [-0.3, -0.25) is 0 Å². The average molecular weight is 300 g/mol. The molecule has 0 saturated heterocycles. The van der Waals surface area contributed by atoms with E-state index in [0.717, 1.165) is 6.07 Å². The fourth-order valence-electron chi connectivity index (χ4n) is 1.28. The summed E-state index contributed by atoms with van der Waals surface area (Å²) in [6.45, 7) is 0. The van der Waals surface area contributed by atoms with Crippen LogP contribution in [0.4, 0.5) is 14.5 Å². The molecule has 0 radical (unpaired) electrons. The maximum atomic E-state index is 13.0. The SMILES string of the molecule is Nc1cc(F)ccc1Oc1ccc(F)c(Br)c1. The standard InChI is InChI=1S/C12H8BrF2NO/c13-9-6-8(2-3-10(9)15)17-12-4-1-7(14)5-11(12)16/h1-6H,16H2. The second kappa shape index (κ2) is 4.71. The van der Waals surface area contributed by atoms with Gasteiger partial charge in [0.25, 0.3) is 0 Å². The molecule has 2 nitrogen and oxygen atoms in total. The molecule has 0 amide bonds. The van der Waals surface area contributed by atoms with Crippen molar-refractivity contribution in [2.45, 2.75) is 0 Å². The molecule has 2 aromatic rings. The number of rotatable bonds is 2. The highest BCUT2D eigenvalue weighted by Gasteiger charge is 2.05. The van der Waals surface area contributed by atoms with Gasteiger partial charge in [-0.15, -0.1) is 0 Å². The van der Waals surface area contributed by atoms with E-state index in [1.165, 1.54) is 30.3 Å². The van der Waals surface area contributed by atoms with Crippen molar-refractivity contribution in [3.05, 3.63) is 52.5 Å². The number of halogens is 3. The van der Waals surface area contributed by atoms with Crippen LogP contribution >= 0.6 is 15.9 Å². The third-order valence-corrected chi connectivity index (χ3v) is 2.70. The Labute approximate surface area is 105 Å². The quantitative estimate of drug-likeness (QED) is 0.847. The molecule has 0 spiro atoms. The molecule has 0 atom stereocenters. The Morgan fingerprint density at radius 1 is 1.06 bits per heavy atom. The molecule has 0 aliphatic rings. The lowest BCUT2D eigenvalue weighted by Crippen LogP contribution is -1.93. The minimum Gasteiger partial charge on any atom is -0.455 e. The Morgan fingerprint density at radius 2 is 1.82 bits per heavy atom. The van der Waals surface area contributed by atoms with E-state index in [1.807, 2.05) is 0 Å². The molecule has 0 bridgehead atoms. The van der Waals surface area contributed by atoms with Gasteiger partial charge in [0.1, 0.15) is 17.4 Å². The number of anilines is 1. The smallest absolute Gasteiger partial charge is 0.150 e. The molecule has 0 unspecified atom stereocenters. The number of nitrogens with two attached hydrogens (primary N) is 1. The summed E-state index contributed by atoms with van der Waals surface area (Å²) in [5, 5.41) is 0.